The van der Waals surface area contributed by atoms with Gasteiger partial charge in [-0.1, -0.05) is 60.7 Å². The molecular formula is C29H18BrN3. The first-order valence-electron chi connectivity index (χ1n) is 10.7. The zero-order valence-corrected chi connectivity index (χ0v) is 19.2. The smallest absolute Gasteiger partial charge is 0.0900 e. The molecule has 0 saturated heterocycles. The molecule has 0 unspecified atom stereocenters. The van der Waals surface area contributed by atoms with Crippen LogP contribution in [-0.2, 0) is 0 Å². The summed E-state index contributed by atoms with van der Waals surface area (Å²) in [6.07, 6.45) is 3.60. The molecule has 156 valence electrons. The minimum atomic E-state index is 0.824. The largest absolute Gasteiger partial charge is 0.255 e. The second-order valence-corrected chi connectivity index (χ2v) is 8.63. The minimum absolute atomic E-state index is 0.824. The molecule has 4 heteroatoms. The molecule has 3 heterocycles. The lowest BCUT2D eigenvalue weighted by atomic mass is 9.91. The average Bonchev–Trinajstić information content (AvgIpc) is 2.90. The Balaban J connectivity index is 1.73. The molecule has 0 atom stereocenters. The number of aromatic nitrogens is 3. The predicted octanol–water partition coefficient (Wildman–Crippen LogP) is 7.94. The summed E-state index contributed by atoms with van der Waals surface area (Å²) >= 11 is 3.86. The molecule has 0 N–H and O–H groups in total. The highest BCUT2D eigenvalue weighted by molar-refractivity contribution is 9.10. The summed E-state index contributed by atoms with van der Waals surface area (Å²) in [5.41, 5.74) is 5.59. The maximum Gasteiger partial charge on any atom is 0.0900 e. The lowest BCUT2D eigenvalue weighted by Gasteiger charge is -2.16. The number of rotatable bonds is 3. The van der Waals surface area contributed by atoms with Gasteiger partial charge in [-0.2, -0.15) is 0 Å². The van der Waals surface area contributed by atoms with Gasteiger partial charge in [-0.05, 0) is 85.0 Å². The predicted molar refractivity (Wildman–Crippen MR) is 139 cm³/mol. The Morgan fingerprint density at radius 2 is 0.939 bits per heavy atom. The third kappa shape index (κ3) is 3.49. The second-order valence-electron chi connectivity index (χ2n) is 7.84. The lowest BCUT2D eigenvalue weighted by molar-refractivity contribution is 1.22. The van der Waals surface area contributed by atoms with Gasteiger partial charge in [0.25, 0.3) is 0 Å². The number of hydrogen-bond donors (Lipinski definition) is 0. The molecule has 0 aliphatic heterocycles. The summed E-state index contributed by atoms with van der Waals surface area (Å²) in [6.45, 7) is 0. The molecule has 0 fully saturated rings. The van der Waals surface area contributed by atoms with E-state index >= 15 is 0 Å². The van der Waals surface area contributed by atoms with Crippen LogP contribution < -0.4 is 0 Å². The van der Waals surface area contributed by atoms with Crippen LogP contribution in [0.1, 0.15) is 0 Å². The monoisotopic (exact) mass is 487 g/mol. The van der Waals surface area contributed by atoms with Crippen LogP contribution in [0.15, 0.2) is 114 Å². The quantitative estimate of drug-likeness (QED) is 0.237. The van der Waals surface area contributed by atoms with Crippen molar-refractivity contribution in [2.45, 2.75) is 0 Å². The molecule has 0 amide bonds. The number of benzene rings is 3. The van der Waals surface area contributed by atoms with Gasteiger partial charge in [0.15, 0.2) is 0 Å². The summed E-state index contributed by atoms with van der Waals surface area (Å²) in [5, 5.41) is 4.74. The van der Waals surface area contributed by atoms with E-state index in [-0.39, 0.29) is 0 Å². The standard InChI is InChI=1S/C29H18BrN3/c30-29-22-11-3-1-9-20(22)28(21-10-2-4-12-23(21)29)19-17-26(24-13-5-7-15-31-24)33-27(18-19)25-14-6-8-16-32-25/h1-18H. The van der Waals surface area contributed by atoms with E-state index in [1.807, 2.05) is 36.4 Å². The van der Waals surface area contributed by atoms with E-state index in [1.54, 1.807) is 12.4 Å². The van der Waals surface area contributed by atoms with Crippen LogP contribution >= 0.6 is 15.9 Å². The van der Waals surface area contributed by atoms with Crippen LogP contribution in [-0.4, -0.2) is 15.0 Å². The van der Waals surface area contributed by atoms with Crippen LogP contribution in [0.5, 0.6) is 0 Å². The Bertz CT molecular complexity index is 1500. The topological polar surface area (TPSA) is 38.7 Å². The lowest BCUT2D eigenvalue weighted by Crippen LogP contribution is -1.95. The van der Waals surface area contributed by atoms with E-state index in [2.05, 4.69) is 86.6 Å². The molecule has 6 aromatic rings. The Hall–Kier alpha value is -3.89. The van der Waals surface area contributed by atoms with Crippen molar-refractivity contribution in [1.82, 2.24) is 15.0 Å². The highest BCUT2D eigenvalue weighted by Crippen LogP contribution is 2.42. The van der Waals surface area contributed by atoms with Crippen LogP contribution in [0.2, 0.25) is 0 Å². The third-order valence-corrected chi connectivity index (χ3v) is 6.69. The zero-order chi connectivity index (χ0) is 22.2. The molecule has 3 aromatic carbocycles. The summed E-state index contributed by atoms with van der Waals surface area (Å²) < 4.78 is 1.11. The van der Waals surface area contributed by atoms with E-state index in [1.165, 1.54) is 27.1 Å². The molecule has 0 aliphatic carbocycles. The molecular weight excluding hydrogens is 470 g/mol. The van der Waals surface area contributed by atoms with Crippen molar-refractivity contribution >= 4 is 37.5 Å². The van der Waals surface area contributed by atoms with Gasteiger partial charge in [0.2, 0.25) is 0 Å². The van der Waals surface area contributed by atoms with Crippen LogP contribution in [0, 0.1) is 0 Å². The van der Waals surface area contributed by atoms with E-state index in [0.29, 0.717) is 0 Å². The fourth-order valence-electron chi connectivity index (χ4n) is 4.35. The summed E-state index contributed by atoms with van der Waals surface area (Å²) in [6, 6.07) is 33.1. The molecule has 0 saturated carbocycles. The highest BCUT2D eigenvalue weighted by Gasteiger charge is 2.16. The van der Waals surface area contributed by atoms with Gasteiger partial charge in [0.05, 0.1) is 22.8 Å². The Kier molecular flexibility index (Phi) is 4.93. The zero-order valence-electron chi connectivity index (χ0n) is 17.6. The third-order valence-electron chi connectivity index (χ3n) is 5.83. The molecule has 6 rings (SSSR count). The van der Waals surface area contributed by atoms with Crippen molar-refractivity contribution in [3.05, 3.63) is 114 Å². The number of halogens is 1. The summed E-state index contributed by atoms with van der Waals surface area (Å²) in [5.74, 6) is 0. The normalized spacial score (nSPS) is 11.2. The van der Waals surface area contributed by atoms with Gasteiger partial charge in [-0.25, -0.2) is 4.98 Å². The van der Waals surface area contributed by atoms with Crippen molar-refractivity contribution in [1.29, 1.82) is 0 Å². The minimum Gasteiger partial charge on any atom is -0.255 e. The number of fused-ring (bicyclic) bond motifs is 2. The maximum absolute atomic E-state index is 4.94. The molecule has 3 aromatic heterocycles. The van der Waals surface area contributed by atoms with Crippen molar-refractivity contribution in [2.75, 3.05) is 0 Å². The highest BCUT2D eigenvalue weighted by atomic mass is 79.9. The number of hydrogen-bond acceptors (Lipinski definition) is 3. The SMILES string of the molecule is Brc1c2ccccc2c(-c2cc(-c3ccccn3)nc(-c3ccccn3)c2)c2ccccc12. The van der Waals surface area contributed by atoms with Crippen LogP contribution in [0.3, 0.4) is 0 Å². The van der Waals surface area contributed by atoms with Crippen LogP contribution in [0.25, 0.3) is 55.4 Å². The first kappa shape index (κ1) is 19.8. The van der Waals surface area contributed by atoms with Crippen molar-refractivity contribution in [3.8, 4) is 33.9 Å². The number of pyridine rings is 3. The van der Waals surface area contributed by atoms with Crippen molar-refractivity contribution in [2.24, 2.45) is 0 Å². The summed E-state index contributed by atoms with van der Waals surface area (Å²) in [7, 11) is 0. The fourth-order valence-corrected chi connectivity index (χ4v) is 5.04. The molecule has 0 spiro atoms. The van der Waals surface area contributed by atoms with E-state index in [9.17, 15) is 0 Å². The molecule has 0 aliphatic rings. The molecule has 0 bridgehead atoms. The maximum atomic E-state index is 4.94. The van der Waals surface area contributed by atoms with Crippen molar-refractivity contribution in [3.63, 3.8) is 0 Å². The van der Waals surface area contributed by atoms with Crippen molar-refractivity contribution < 1.29 is 0 Å². The van der Waals surface area contributed by atoms with Gasteiger partial charge in [0, 0.05) is 16.9 Å². The first-order valence-corrected chi connectivity index (χ1v) is 11.5. The second kappa shape index (κ2) is 8.23. The van der Waals surface area contributed by atoms with Gasteiger partial charge < -0.3 is 0 Å². The Morgan fingerprint density at radius 1 is 0.485 bits per heavy atom. The van der Waals surface area contributed by atoms with E-state index in [4.69, 9.17) is 4.98 Å². The fraction of sp³-hybridized carbons (Fsp3) is 0. The van der Waals surface area contributed by atoms with Gasteiger partial charge >= 0.3 is 0 Å². The Morgan fingerprint density at radius 3 is 1.39 bits per heavy atom. The van der Waals surface area contributed by atoms with E-state index < -0.39 is 0 Å². The molecule has 0 radical (unpaired) electrons. The molecule has 3 nitrogen and oxygen atoms in total. The van der Waals surface area contributed by atoms with Gasteiger partial charge in [-0.3, -0.25) is 9.97 Å². The molecule has 33 heavy (non-hydrogen) atoms. The first-order chi connectivity index (χ1) is 16.3. The van der Waals surface area contributed by atoms with Crippen LogP contribution in [0.4, 0.5) is 0 Å². The van der Waals surface area contributed by atoms with E-state index in [0.717, 1.165) is 32.8 Å². The van der Waals surface area contributed by atoms with Gasteiger partial charge in [0.1, 0.15) is 0 Å². The summed E-state index contributed by atoms with van der Waals surface area (Å²) in [4.78, 5) is 14.1. The Labute approximate surface area is 199 Å². The number of nitrogens with zero attached hydrogens (tertiary/aromatic N) is 3. The van der Waals surface area contributed by atoms with Gasteiger partial charge in [-0.15, -0.1) is 0 Å². The average molecular weight is 488 g/mol.